The van der Waals surface area contributed by atoms with Crippen molar-refractivity contribution in [2.75, 3.05) is 5.75 Å². The predicted molar refractivity (Wildman–Crippen MR) is 109 cm³/mol. The molecule has 1 heterocycles. The van der Waals surface area contributed by atoms with Crippen molar-refractivity contribution in [3.05, 3.63) is 66.0 Å². The smallest absolute Gasteiger partial charge is 0.368 e. The van der Waals surface area contributed by atoms with Gasteiger partial charge in [-0.05, 0) is 30.5 Å². The summed E-state index contributed by atoms with van der Waals surface area (Å²) in [6.45, 7) is 0. The molecule has 1 aliphatic carbocycles. The first-order valence-electron chi connectivity index (χ1n) is 9.66. The number of amides is 1. The highest BCUT2D eigenvalue weighted by Crippen LogP contribution is 2.55. The van der Waals surface area contributed by atoms with Crippen LogP contribution >= 0.6 is 0 Å². The van der Waals surface area contributed by atoms with Crippen LogP contribution < -0.4 is 11.1 Å². The minimum absolute atomic E-state index is 0.0396. The van der Waals surface area contributed by atoms with Gasteiger partial charge in [-0.15, -0.1) is 0 Å². The summed E-state index contributed by atoms with van der Waals surface area (Å²) in [5.41, 5.74) is 1.34. The Balaban J connectivity index is 2.07. The molecule has 0 radical (unpaired) electrons. The van der Waals surface area contributed by atoms with Crippen LogP contribution in [-0.2, 0) is 20.4 Å². The number of pyridine rings is 1. The summed E-state index contributed by atoms with van der Waals surface area (Å²) < 4.78 is 68.1. The van der Waals surface area contributed by atoms with Gasteiger partial charge in [-0.3, -0.25) is 15.1 Å². The van der Waals surface area contributed by atoms with Gasteiger partial charge in [-0.1, -0.05) is 36.4 Å². The van der Waals surface area contributed by atoms with Crippen LogP contribution in [0.5, 0.6) is 0 Å². The molecular formula is C21H21F3N4O3S. The number of nitrogens with one attached hydrogen (secondary N) is 1. The number of sulfone groups is 1. The highest BCUT2D eigenvalue weighted by atomic mass is 32.2. The van der Waals surface area contributed by atoms with Gasteiger partial charge in [0.15, 0.2) is 9.84 Å². The first-order valence-corrected chi connectivity index (χ1v) is 11.5. The first-order chi connectivity index (χ1) is 14.9. The largest absolute Gasteiger partial charge is 0.407 e. The van der Waals surface area contributed by atoms with Crippen molar-refractivity contribution in [1.82, 2.24) is 10.3 Å². The molecule has 1 fully saturated rings. The maximum atomic E-state index is 14.0. The zero-order chi connectivity index (χ0) is 23.6. The number of primary amides is 1. The number of nitriles is 1. The lowest BCUT2D eigenvalue weighted by molar-refractivity contribution is -0.165. The van der Waals surface area contributed by atoms with Gasteiger partial charge in [-0.25, -0.2) is 8.42 Å². The van der Waals surface area contributed by atoms with Crippen LogP contribution in [0.1, 0.15) is 30.1 Å². The average molecular weight is 466 g/mol. The number of aromatic nitrogens is 1. The number of benzene rings is 1. The third-order valence-corrected chi connectivity index (χ3v) is 7.19. The number of rotatable bonds is 9. The molecule has 170 valence electrons. The van der Waals surface area contributed by atoms with Gasteiger partial charge < -0.3 is 5.73 Å². The van der Waals surface area contributed by atoms with Crippen LogP contribution in [0.4, 0.5) is 13.2 Å². The number of halogens is 3. The van der Waals surface area contributed by atoms with Gasteiger partial charge in [0, 0.05) is 6.20 Å². The second kappa shape index (κ2) is 8.52. The zero-order valence-corrected chi connectivity index (χ0v) is 17.7. The minimum atomic E-state index is -4.89. The van der Waals surface area contributed by atoms with E-state index in [1.54, 1.807) is 12.1 Å². The van der Waals surface area contributed by atoms with Gasteiger partial charge in [0.05, 0.1) is 28.7 Å². The molecule has 0 aliphatic heterocycles. The summed E-state index contributed by atoms with van der Waals surface area (Å²) in [6, 6.07) is 10.7. The molecule has 0 bridgehead atoms. The molecule has 0 saturated heterocycles. The number of alkyl halides is 3. The van der Waals surface area contributed by atoms with Crippen LogP contribution in [-0.4, -0.2) is 36.8 Å². The van der Waals surface area contributed by atoms with E-state index in [0.717, 1.165) is 0 Å². The maximum absolute atomic E-state index is 14.0. The van der Waals surface area contributed by atoms with Gasteiger partial charge in [0.2, 0.25) is 5.91 Å². The van der Waals surface area contributed by atoms with Crippen LogP contribution in [0.15, 0.2) is 54.7 Å². The molecule has 3 rings (SSSR count). The molecule has 3 N–H and O–H groups in total. The second-order valence-corrected chi connectivity index (χ2v) is 9.91. The Bertz CT molecular complexity index is 1110. The third kappa shape index (κ3) is 4.76. The van der Waals surface area contributed by atoms with Crippen molar-refractivity contribution in [2.24, 2.45) is 11.1 Å². The molecule has 7 nitrogen and oxygen atoms in total. The average Bonchev–Trinajstić information content (AvgIpc) is 3.52. The summed E-state index contributed by atoms with van der Waals surface area (Å²) >= 11 is 0. The van der Waals surface area contributed by atoms with Crippen molar-refractivity contribution in [3.8, 4) is 6.07 Å². The van der Waals surface area contributed by atoms with Gasteiger partial charge in [0.25, 0.3) is 0 Å². The molecule has 0 unspecified atom stereocenters. The first kappa shape index (κ1) is 23.7. The minimum Gasteiger partial charge on any atom is -0.368 e. The monoisotopic (exact) mass is 466 g/mol. The lowest BCUT2D eigenvalue weighted by atomic mass is 9.81. The Morgan fingerprint density at radius 3 is 2.28 bits per heavy atom. The number of hydrogen-bond donors (Lipinski definition) is 2. The number of carbonyl (C=O) groups is 1. The van der Waals surface area contributed by atoms with E-state index < -0.39 is 50.4 Å². The molecule has 1 aromatic heterocycles. The fourth-order valence-electron chi connectivity index (χ4n) is 3.79. The summed E-state index contributed by atoms with van der Waals surface area (Å²) in [7, 11) is -4.21. The van der Waals surface area contributed by atoms with Crippen molar-refractivity contribution in [1.29, 1.82) is 5.26 Å². The number of nitrogens with two attached hydrogens (primary N) is 1. The van der Waals surface area contributed by atoms with Crippen molar-refractivity contribution < 1.29 is 26.4 Å². The Morgan fingerprint density at radius 2 is 1.81 bits per heavy atom. The van der Waals surface area contributed by atoms with E-state index in [4.69, 9.17) is 5.73 Å². The summed E-state index contributed by atoms with van der Waals surface area (Å²) in [5.74, 6) is -3.02. The molecule has 1 aliphatic rings. The fraction of sp³-hybridized carbons (Fsp3) is 0.381. The van der Waals surface area contributed by atoms with E-state index in [9.17, 15) is 31.6 Å². The second-order valence-electron chi connectivity index (χ2n) is 7.85. The van der Waals surface area contributed by atoms with E-state index in [1.165, 1.54) is 42.6 Å². The fourth-order valence-corrected chi connectivity index (χ4v) is 5.68. The molecule has 2 aromatic rings. The lowest BCUT2D eigenvalue weighted by Gasteiger charge is -2.39. The zero-order valence-electron chi connectivity index (χ0n) is 16.8. The van der Waals surface area contributed by atoms with Gasteiger partial charge in [-0.2, -0.15) is 18.4 Å². The molecule has 2 atom stereocenters. The summed E-state index contributed by atoms with van der Waals surface area (Å²) in [4.78, 5) is 16.6. The third-order valence-electron chi connectivity index (χ3n) is 5.58. The van der Waals surface area contributed by atoms with Crippen LogP contribution in [0.2, 0.25) is 0 Å². The topological polar surface area (TPSA) is 126 Å². The van der Waals surface area contributed by atoms with Crippen LogP contribution in [0.3, 0.4) is 0 Å². The van der Waals surface area contributed by atoms with Crippen molar-refractivity contribution in [3.63, 3.8) is 0 Å². The highest BCUT2D eigenvalue weighted by molar-refractivity contribution is 7.90. The SMILES string of the molecule is N#CC1([C@@](CS(=O)(=O)Cc2ccccn2)(N[C@H](c2ccccc2)C(F)(F)F)C(N)=O)CC1. The van der Waals surface area contributed by atoms with Crippen molar-refractivity contribution in [2.45, 2.75) is 36.4 Å². The van der Waals surface area contributed by atoms with Crippen LogP contribution in [0, 0.1) is 16.7 Å². The number of hydrogen-bond acceptors (Lipinski definition) is 6. The standard InChI is InChI=1S/C21H21F3N4O3S/c22-21(23,24)17(15-6-2-1-3-7-15)28-20(18(26)29,19(13-25)9-10-19)14-32(30,31)12-16-8-4-5-11-27-16/h1-8,11,17,28H,9-10,12,14H2,(H2,26,29)/t17-,20+/m1/s1. The van der Waals surface area contributed by atoms with E-state index in [-0.39, 0.29) is 24.1 Å². The molecule has 1 aromatic carbocycles. The molecular weight excluding hydrogens is 445 g/mol. The Morgan fingerprint density at radius 1 is 1.19 bits per heavy atom. The molecule has 1 amide bonds. The number of nitrogens with zero attached hydrogens (tertiary/aromatic N) is 2. The summed E-state index contributed by atoms with van der Waals surface area (Å²) in [5, 5.41) is 11.9. The highest BCUT2D eigenvalue weighted by Gasteiger charge is 2.67. The Hall–Kier alpha value is -2.97. The van der Waals surface area contributed by atoms with Gasteiger partial charge in [0.1, 0.15) is 11.6 Å². The van der Waals surface area contributed by atoms with E-state index in [1.807, 2.05) is 6.07 Å². The molecule has 1 saturated carbocycles. The maximum Gasteiger partial charge on any atom is 0.407 e. The normalized spacial score (nSPS) is 18.2. The predicted octanol–water partition coefficient (Wildman–Crippen LogP) is 2.42. The Labute approximate surface area is 183 Å². The van der Waals surface area contributed by atoms with Crippen LogP contribution in [0.25, 0.3) is 0 Å². The summed E-state index contributed by atoms with van der Waals surface area (Å²) in [6.07, 6.45) is -3.44. The molecule has 32 heavy (non-hydrogen) atoms. The Kier molecular flexibility index (Phi) is 6.31. The lowest BCUT2D eigenvalue weighted by Crippen LogP contribution is -2.67. The quantitative estimate of drug-likeness (QED) is 0.585. The number of carbonyl (C=O) groups excluding carboxylic acids is 1. The van der Waals surface area contributed by atoms with Crippen molar-refractivity contribution >= 4 is 15.7 Å². The molecule has 0 spiro atoms. The molecule has 11 heteroatoms. The van der Waals surface area contributed by atoms with Gasteiger partial charge >= 0.3 is 6.18 Å². The van der Waals surface area contributed by atoms with E-state index in [2.05, 4.69) is 10.3 Å². The van der Waals surface area contributed by atoms with E-state index >= 15 is 0 Å². The van der Waals surface area contributed by atoms with E-state index in [0.29, 0.717) is 0 Å².